The fraction of sp³-hybridized carbons (Fsp3) is 0. The van der Waals surface area contributed by atoms with E-state index >= 15 is 0 Å². The molecule has 0 aliphatic rings. The van der Waals surface area contributed by atoms with E-state index in [2.05, 4.69) is 16.8 Å². The van der Waals surface area contributed by atoms with Crippen molar-refractivity contribution in [2.75, 3.05) is 0 Å². The van der Waals surface area contributed by atoms with Gasteiger partial charge in [-0.3, -0.25) is 0 Å². The summed E-state index contributed by atoms with van der Waals surface area (Å²) in [5.41, 5.74) is 0.945. The summed E-state index contributed by atoms with van der Waals surface area (Å²) in [5, 5.41) is 1.54. The lowest BCUT2D eigenvalue weighted by Gasteiger charge is -1.99. The fourth-order valence-corrected chi connectivity index (χ4v) is 1.25. The lowest BCUT2D eigenvalue weighted by molar-refractivity contribution is 1.65. The van der Waals surface area contributed by atoms with Crippen LogP contribution in [-0.4, -0.2) is 10.2 Å². The van der Waals surface area contributed by atoms with E-state index in [1.807, 2.05) is 24.3 Å². The van der Waals surface area contributed by atoms with Gasteiger partial charge in [-0.1, -0.05) is 41.6 Å². The van der Waals surface area contributed by atoms with Gasteiger partial charge in [0.25, 0.3) is 0 Å². The van der Waals surface area contributed by atoms with Gasteiger partial charge in [0, 0.05) is 5.02 Å². The van der Waals surface area contributed by atoms with Gasteiger partial charge in [0.05, 0.1) is 10.2 Å². The van der Waals surface area contributed by atoms with Gasteiger partial charge in [-0.25, -0.2) is 0 Å². The van der Waals surface area contributed by atoms with Crippen molar-refractivity contribution in [3.8, 4) is 0 Å². The normalized spacial score (nSPS) is 9.40. The zero-order valence-corrected chi connectivity index (χ0v) is 7.15. The topological polar surface area (TPSA) is 0 Å². The van der Waals surface area contributed by atoms with Crippen LogP contribution in [0.3, 0.4) is 0 Å². The number of hydrogen-bond acceptors (Lipinski definition) is 0. The van der Waals surface area contributed by atoms with Crippen LogP contribution in [0, 0.1) is 0 Å². The molecule has 0 spiro atoms. The molecule has 0 saturated heterocycles. The second-order valence-electron chi connectivity index (χ2n) is 1.96. The predicted octanol–water partition coefficient (Wildman–Crippen LogP) is 2.48. The van der Waals surface area contributed by atoms with Crippen LogP contribution in [-0.2, 0) is 0 Å². The Morgan fingerprint density at radius 3 is 2.40 bits per heavy atom. The molecule has 0 atom stereocenters. The average molecular weight is 166 g/mol. The van der Waals surface area contributed by atoms with Crippen molar-refractivity contribution >= 4 is 27.0 Å². The molecule has 3 radical (unpaired) electrons. The van der Waals surface area contributed by atoms with Gasteiger partial charge in [-0.15, -0.1) is 0 Å². The summed E-state index contributed by atoms with van der Waals surface area (Å²) >= 11 is 5.83. The van der Waals surface area contributed by atoms with E-state index < -0.39 is 0 Å². The molecule has 0 fully saturated rings. The molecule has 0 heterocycles. The van der Waals surface area contributed by atoms with Gasteiger partial charge in [0.15, 0.2) is 0 Å². The molecule has 2 heteroatoms. The Bertz CT molecular complexity index is 255. The smallest absolute Gasteiger partial charge is 0.0712 e. The summed E-state index contributed by atoms with van der Waals surface area (Å²) in [6.07, 6.45) is 0. The molecular weight excluding hydrogens is 160 g/mol. The third-order valence-corrected chi connectivity index (χ3v) is 1.80. The van der Waals surface area contributed by atoms with E-state index in [9.17, 15) is 0 Å². The molecule has 1 rings (SSSR count). The third-order valence-electron chi connectivity index (χ3n) is 1.20. The SMILES string of the molecule is C=C([Si])c1ccccc1Cl. The summed E-state index contributed by atoms with van der Waals surface area (Å²) in [5.74, 6) is 0. The van der Waals surface area contributed by atoms with Crippen molar-refractivity contribution in [3.05, 3.63) is 41.4 Å². The Morgan fingerprint density at radius 2 is 2.00 bits per heavy atom. The molecule has 1 aromatic rings. The lowest BCUT2D eigenvalue weighted by atomic mass is 10.2. The monoisotopic (exact) mass is 165 g/mol. The largest absolute Gasteiger partial charge is 0.1000 e. The maximum absolute atomic E-state index is 5.83. The average Bonchev–Trinajstić information content (AvgIpc) is 1.88. The van der Waals surface area contributed by atoms with E-state index in [1.54, 1.807) is 0 Å². The molecule has 0 aromatic heterocycles. The van der Waals surface area contributed by atoms with Crippen molar-refractivity contribution < 1.29 is 0 Å². The van der Waals surface area contributed by atoms with Crippen LogP contribution in [0.4, 0.5) is 0 Å². The van der Waals surface area contributed by atoms with E-state index in [-0.39, 0.29) is 0 Å². The fourth-order valence-electron chi connectivity index (χ4n) is 0.706. The van der Waals surface area contributed by atoms with E-state index in [0.717, 1.165) is 15.8 Å². The van der Waals surface area contributed by atoms with Crippen molar-refractivity contribution in [2.45, 2.75) is 0 Å². The van der Waals surface area contributed by atoms with Gasteiger partial charge in [0.2, 0.25) is 0 Å². The Labute approximate surface area is 68.9 Å². The van der Waals surface area contributed by atoms with Gasteiger partial charge >= 0.3 is 0 Å². The van der Waals surface area contributed by atoms with Crippen LogP contribution in [0.1, 0.15) is 5.56 Å². The summed E-state index contributed by atoms with van der Waals surface area (Å²) in [6, 6.07) is 7.56. The Hall–Kier alpha value is -0.533. The van der Waals surface area contributed by atoms with E-state index in [0.29, 0.717) is 0 Å². The highest BCUT2D eigenvalue weighted by Gasteiger charge is 1.96. The van der Waals surface area contributed by atoms with Crippen molar-refractivity contribution in [2.24, 2.45) is 0 Å². The summed E-state index contributed by atoms with van der Waals surface area (Å²) in [4.78, 5) is 0. The molecule has 1 aromatic carbocycles. The number of benzene rings is 1. The summed E-state index contributed by atoms with van der Waals surface area (Å²) < 4.78 is 0. The first-order chi connectivity index (χ1) is 4.72. The molecular formula is C8H6ClSi. The zero-order valence-electron chi connectivity index (χ0n) is 5.39. The predicted molar refractivity (Wildman–Crippen MR) is 46.2 cm³/mol. The van der Waals surface area contributed by atoms with Crippen LogP contribution < -0.4 is 0 Å². The van der Waals surface area contributed by atoms with Crippen LogP contribution >= 0.6 is 11.6 Å². The highest BCUT2D eigenvalue weighted by molar-refractivity contribution is 6.44. The lowest BCUT2D eigenvalue weighted by Crippen LogP contribution is -1.81. The van der Waals surface area contributed by atoms with Crippen LogP contribution in [0.5, 0.6) is 0 Å². The van der Waals surface area contributed by atoms with Crippen LogP contribution in [0.15, 0.2) is 30.8 Å². The minimum atomic E-state index is 0.725. The van der Waals surface area contributed by atoms with E-state index in [1.165, 1.54) is 0 Å². The highest BCUT2D eigenvalue weighted by Crippen LogP contribution is 2.19. The molecule has 0 aliphatic heterocycles. The van der Waals surface area contributed by atoms with Crippen LogP contribution in [0.25, 0.3) is 5.20 Å². The molecule has 0 nitrogen and oxygen atoms in total. The second-order valence-corrected chi connectivity index (χ2v) is 2.97. The Kier molecular flexibility index (Phi) is 2.30. The minimum Gasteiger partial charge on any atom is -0.1000 e. The molecule has 49 valence electrons. The molecule has 0 unspecified atom stereocenters. The first kappa shape index (κ1) is 7.57. The van der Waals surface area contributed by atoms with Gasteiger partial charge < -0.3 is 0 Å². The molecule has 0 aliphatic carbocycles. The molecule has 0 N–H and O–H groups in total. The number of rotatable bonds is 1. The number of hydrogen-bond donors (Lipinski definition) is 0. The summed E-state index contributed by atoms with van der Waals surface area (Å²) in [7, 11) is 3.30. The molecule has 0 amide bonds. The molecule has 0 bridgehead atoms. The van der Waals surface area contributed by atoms with Gasteiger partial charge in [-0.05, 0) is 11.6 Å². The van der Waals surface area contributed by atoms with Crippen molar-refractivity contribution in [1.29, 1.82) is 0 Å². The Balaban J connectivity index is 3.15. The summed E-state index contributed by atoms with van der Waals surface area (Å²) in [6.45, 7) is 3.72. The van der Waals surface area contributed by atoms with Gasteiger partial charge in [-0.2, -0.15) is 0 Å². The number of halogens is 1. The molecule has 0 saturated carbocycles. The minimum absolute atomic E-state index is 0.725. The van der Waals surface area contributed by atoms with E-state index in [4.69, 9.17) is 11.6 Å². The Morgan fingerprint density at radius 1 is 1.40 bits per heavy atom. The highest BCUT2D eigenvalue weighted by atomic mass is 35.5. The first-order valence-corrected chi connectivity index (χ1v) is 3.75. The zero-order chi connectivity index (χ0) is 7.56. The maximum atomic E-state index is 5.83. The van der Waals surface area contributed by atoms with Crippen molar-refractivity contribution in [1.82, 2.24) is 0 Å². The van der Waals surface area contributed by atoms with Gasteiger partial charge in [0.1, 0.15) is 0 Å². The second kappa shape index (κ2) is 3.04. The van der Waals surface area contributed by atoms with Crippen LogP contribution in [0.2, 0.25) is 5.02 Å². The van der Waals surface area contributed by atoms with Crippen molar-refractivity contribution in [3.63, 3.8) is 0 Å². The first-order valence-electron chi connectivity index (χ1n) is 2.87. The quantitative estimate of drug-likeness (QED) is 0.561. The molecule has 10 heavy (non-hydrogen) atoms. The third kappa shape index (κ3) is 1.49. The standard InChI is InChI=1S/C8H6ClSi/c1-6(10)7-4-2-3-5-8(7)9/h2-5H,1H2. The maximum Gasteiger partial charge on any atom is 0.0712 e.